The molecule has 0 aromatic heterocycles. The van der Waals surface area contributed by atoms with Crippen molar-refractivity contribution in [1.82, 2.24) is 5.32 Å². The van der Waals surface area contributed by atoms with Crippen LogP contribution in [0.25, 0.3) is 6.08 Å². The largest absolute Gasteiger partial charge is 0.379 e. The maximum absolute atomic E-state index is 13.2. The van der Waals surface area contributed by atoms with Crippen molar-refractivity contribution in [2.45, 2.75) is 4.90 Å². The van der Waals surface area contributed by atoms with Gasteiger partial charge >= 0.3 is 16.1 Å². The van der Waals surface area contributed by atoms with Gasteiger partial charge in [-0.1, -0.05) is 23.7 Å². The lowest BCUT2D eigenvalue weighted by Gasteiger charge is -2.26. The number of anilines is 1. The van der Waals surface area contributed by atoms with E-state index >= 15 is 0 Å². The summed E-state index contributed by atoms with van der Waals surface area (Å²) < 4.78 is 43.1. The smallest absolute Gasteiger partial charge is 0.339 e. The lowest BCUT2D eigenvalue weighted by atomic mass is 10.1. The summed E-state index contributed by atoms with van der Waals surface area (Å²) in [5.41, 5.74) is 0.105. The number of hydrogen-bond acceptors (Lipinski definition) is 6. The molecule has 4 amide bonds. The zero-order valence-electron chi connectivity index (χ0n) is 17.1. The van der Waals surface area contributed by atoms with Crippen LogP contribution in [-0.2, 0) is 19.7 Å². The molecule has 11 heteroatoms. The number of barbiturate groups is 1. The third-order valence-corrected chi connectivity index (χ3v) is 6.20. The van der Waals surface area contributed by atoms with Crippen molar-refractivity contribution in [3.63, 3.8) is 0 Å². The van der Waals surface area contributed by atoms with E-state index in [-0.39, 0.29) is 21.9 Å². The number of halogens is 2. The quantitative estimate of drug-likeness (QED) is 0.323. The summed E-state index contributed by atoms with van der Waals surface area (Å²) in [7, 11) is -4.10. The number of amides is 4. The highest BCUT2D eigenvalue weighted by Gasteiger charge is 2.36. The molecular formula is C23H14ClFN2O6S. The van der Waals surface area contributed by atoms with Gasteiger partial charge in [0.05, 0.1) is 5.69 Å². The van der Waals surface area contributed by atoms with Crippen molar-refractivity contribution in [3.8, 4) is 5.75 Å². The Labute approximate surface area is 198 Å². The Morgan fingerprint density at radius 1 is 0.882 bits per heavy atom. The average Bonchev–Trinajstić information content (AvgIpc) is 2.79. The van der Waals surface area contributed by atoms with E-state index in [0.717, 1.165) is 12.1 Å². The lowest BCUT2D eigenvalue weighted by Crippen LogP contribution is -2.54. The minimum Gasteiger partial charge on any atom is -0.379 e. The highest BCUT2D eigenvalue weighted by Crippen LogP contribution is 2.24. The van der Waals surface area contributed by atoms with Gasteiger partial charge in [0.2, 0.25) is 0 Å². The number of carbonyl (C=O) groups excluding carboxylic acids is 3. The Balaban J connectivity index is 1.56. The van der Waals surface area contributed by atoms with Crippen molar-refractivity contribution in [3.05, 3.63) is 94.8 Å². The van der Waals surface area contributed by atoms with E-state index in [4.69, 9.17) is 15.8 Å². The Morgan fingerprint density at radius 3 is 2.12 bits per heavy atom. The van der Waals surface area contributed by atoms with Crippen LogP contribution in [0.3, 0.4) is 0 Å². The fourth-order valence-electron chi connectivity index (χ4n) is 3.04. The van der Waals surface area contributed by atoms with Gasteiger partial charge in [-0.15, -0.1) is 0 Å². The Bertz CT molecular complexity index is 1420. The summed E-state index contributed by atoms with van der Waals surface area (Å²) >= 11 is 5.77. The van der Waals surface area contributed by atoms with Gasteiger partial charge in [0.25, 0.3) is 11.8 Å². The molecule has 0 atom stereocenters. The molecule has 3 aromatic carbocycles. The number of rotatable bonds is 5. The topological polar surface area (TPSA) is 110 Å². The number of benzene rings is 3. The molecule has 8 nitrogen and oxygen atoms in total. The highest BCUT2D eigenvalue weighted by atomic mass is 35.5. The summed E-state index contributed by atoms with van der Waals surface area (Å²) in [6.07, 6.45) is 1.23. The van der Waals surface area contributed by atoms with Crippen LogP contribution in [0.1, 0.15) is 5.56 Å². The maximum atomic E-state index is 13.2. The van der Waals surface area contributed by atoms with Gasteiger partial charge in [-0.3, -0.25) is 14.9 Å². The lowest BCUT2D eigenvalue weighted by molar-refractivity contribution is -0.122. The van der Waals surface area contributed by atoms with Crippen molar-refractivity contribution in [2.75, 3.05) is 4.90 Å². The van der Waals surface area contributed by atoms with E-state index in [9.17, 15) is 27.2 Å². The van der Waals surface area contributed by atoms with Gasteiger partial charge in [-0.2, -0.15) is 8.42 Å². The number of carbonyl (C=O) groups is 3. The summed E-state index contributed by atoms with van der Waals surface area (Å²) in [5, 5.41) is 2.43. The Morgan fingerprint density at radius 2 is 1.50 bits per heavy atom. The molecule has 0 aliphatic carbocycles. The number of imide groups is 2. The molecule has 0 spiro atoms. The molecule has 1 aliphatic heterocycles. The van der Waals surface area contributed by atoms with Crippen molar-refractivity contribution < 1.29 is 31.4 Å². The van der Waals surface area contributed by atoms with E-state index < -0.39 is 33.8 Å². The summed E-state index contributed by atoms with van der Waals surface area (Å²) in [6, 6.07) is 14.6. The minimum atomic E-state index is -4.10. The fourth-order valence-corrected chi connectivity index (χ4v) is 4.10. The molecule has 34 heavy (non-hydrogen) atoms. The SMILES string of the molecule is O=C1NC(=O)N(c2ccc(F)cc2)C(=O)/C1=C/c1ccc(OS(=O)(=O)c2ccc(Cl)cc2)cc1. The average molecular weight is 501 g/mol. The second-order valence-electron chi connectivity index (χ2n) is 6.99. The van der Waals surface area contributed by atoms with Gasteiger partial charge in [-0.25, -0.2) is 14.1 Å². The molecule has 172 valence electrons. The molecular weight excluding hydrogens is 487 g/mol. The zero-order chi connectivity index (χ0) is 24.5. The van der Waals surface area contributed by atoms with Crippen molar-refractivity contribution in [1.29, 1.82) is 0 Å². The number of nitrogens with zero attached hydrogens (tertiary/aromatic N) is 1. The van der Waals surface area contributed by atoms with Crippen molar-refractivity contribution in [2.24, 2.45) is 0 Å². The summed E-state index contributed by atoms with van der Waals surface area (Å²) in [6.45, 7) is 0. The van der Waals surface area contributed by atoms with E-state index in [0.29, 0.717) is 15.5 Å². The highest BCUT2D eigenvalue weighted by molar-refractivity contribution is 7.87. The van der Waals surface area contributed by atoms with Gasteiger partial charge in [0.1, 0.15) is 22.0 Å². The van der Waals surface area contributed by atoms with Gasteiger partial charge in [0, 0.05) is 5.02 Å². The summed E-state index contributed by atoms with van der Waals surface area (Å²) in [4.78, 5) is 37.9. The second kappa shape index (κ2) is 9.08. The van der Waals surface area contributed by atoms with Crippen LogP contribution < -0.4 is 14.4 Å². The van der Waals surface area contributed by atoms with Crippen LogP contribution in [0.15, 0.2) is 83.3 Å². The maximum Gasteiger partial charge on any atom is 0.339 e. The minimum absolute atomic E-state index is 0.000335. The number of nitrogens with one attached hydrogen (secondary N) is 1. The van der Waals surface area contributed by atoms with Crippen LogP contribution in [-0.4, -0.2) is 26.3 Å². The van der Waals surface area contributed by atoms with Gasteiger partial charge in [-0.05, 0) is 72.3 Å². The van der Waals surface area contributed by atoms with Crippen LogP contribution in [0.2, 0.25) is 5.02 Å². The normalized spacial score (nSPS) is 15.4. The first-order valence-electron chi connectivity index (χ1n) is 9.61. The monoisotopic (exact) mass is 500 g/mol. The summed E-state index contributed by atoms with van der Waals surface area (Å²) in [5.74, 6) is -2.36. The molecule has 1 heterocycles. The third kappa shape index (κ3) is 4.82. The Hall–Kier alpha value is -4.02. The van der Waals surface area contributed by atoms with Crippen LogP contribution >= 0.6 is 11.6 Å². The van der Waals surface area contributed by atoms with Gasteiger partial charge < -0.3 is 4.18 Å². The standard InChI is InChI=1S/C23H14ClFN2O6S/c24-15-3-11-19(12-4-15)34(31,32)33-18-9-1-14(2-10-18)13-20-21(28)26-23(30)27(22(20)29)17-7-5-16(25)6-8-17/h1-13H,(H,26,28,30)/b20-13+. The second-order valence-corrected chi connectivity index (χ2v) is 8.98. The molecule has 3 aromatic rings. The molecule has 0 bridgehead atoms. The van der Waals surface area contributed by atoms with Crippen LogP contribution in [0.4, 0.5) is 14.9 Å². The van der Waals surface area contributed by atoms with E-state index in [1.54, 1.807) is 0 Å². The molecule has 0 radical (unpaired) electrons. The number of urea groups is 1. The van der Waals surface area contributed by atoms with Crippen LogP contribution in [0.5, 0.6) is 5.75 Å². The number of hydrogen-bond donors (Lipinski definition) is 1. The predicted octanol–water partition coefficient (Wildman–Crippen LogP) is 3.91. The first-order chi connectivity index (χ1) is 16.1. The molecule has 1 aliphatic rings. The molecule has 0 unspecified atom stereocenters. The van der Waals surface area contributed by atoms with Crippen molar-refractivity contribution >= 4 is 51.3 Å². The molecule has 1 fully saturated rings. The Kier molecular flexibility index (Phi) is 6.18. The molecule has 1 saturated heterocycles. The molecule has 0 saturated carbocycles. The molecule has 4 rings (SSSR count). The van der Waals surface area contributed by atoms with E-state index in [1.807, 2.05) is 0 Å². The van der Waals surface area contributed by atoms with E-state index in [1.165, 1.54) is 66.7 Å². The predicted molar refractivity (Wildman–Crippen MR) is 121 cm³/mol. The molecule has 1 N–H and O–H groups in total. The first-order valence-corrected chi connectivity index (χ1v) is 11.4. The van der Waals surface area contributed by atoms with Gasteiger partial charge in [0.15, 0.2) is 0 Å². The first kappa shape index (κ1) is 23.1. The third-order valence-electron chi connectivity index (χ3n) is 4.69. The van der Waals surface area contributed by atoms with Crippen LogP contribution in [0, 0.1) is 5.82 Å². The zero-order valence-corrected chi connectivity index (χ0v) is 18.6. The fraction of sp³-hybridized carbons (Fsp3) is 0. The van der Waals surface area contributed by atoms with E-state index in [2.05, 4.69) is 5.32 Å².